The van der Waals surface area contributed by atoms with E-state index in [2.05, 4.69) is 25.7 Å². The molecular weight excluding hydrogens is 242 g/mol. The standard InChI is InChI=1S/C13H17N5O/c1-4-12-11(5-8(2)16-18-12)13(19)14-6-10-7-15-17-9(10)3/h5,7H,4,6H2,1-3H3,(H,14,19)(H,15,17). The number of carbonyl (C=O) groups excluding carboxylic acids is 1. The number of H-pyrrole nitrogens is 1. The van der Waals surface area contributed by atoms with E-state index in [4.69, 9.17) is 0 Å². The van der Waals surface area contributed by atoms with E-state index in [1.165, 1.54) is 0 Å². The van der Waals surface area contributed by atoms with Crippen molar-refractivity contribution >= 4 is 5.91 Å². The quantitative estimate of drug-likeness (QED) is 0.867. The van der Waals surface area contributed by atoms with Crippen LogP contribution < -0.4 is 5.32 Å². The van der Waals surface area contributed by atoms with Gasteiger partial charge in [0.2, 0.25) is 0 Å². The number of nitrogens with zero attached hydrogens (tertiary/aromatic N) is 3. The first kappa shape index (κ1) is 13.2. The van der Waals surface area contributed by atoms with Gasteiger partial charge in [0, 0.05) is 17.8 Å². The number of carbonyl (C=O) groups is 1. The summed E-state index contributed by atoms with van der Waals surface area (Å²) in [5, 5.41) is 17.7. The van der Waals surface area contributed by atoms with Crippen LogP contribution >= 0.6 is 0 Å². The van der Waals surface area contributed by atoms with Crippen molar-refractivity contribution in [3.8, 4) is 0 Å². The van der Waals surface area contributed by atoms with Crippen LogP contribution in [0.1, 0.15) is 39.9 Å². The van der Waals surface area contributed by atoms with Gasteiger partial charge in [0.1, 0.15) is 0 Å². The van der Waals surface area contributed by atoms with Crippen molar-refractivity contribution in [3.05, 3.63) is 40.5 Å². The van der Waals surface area contributed by atoms with E-state index < -0.39 is 0 Å². The van der Waals surface area contributed by atoms with Crippen molar-refractivity contribution < 1.29 is 4.79 Å². The lowest BCUT2D eigenvalue weighted by Gasteiger charge is -2.08. The molecule has 0 spiro atoms. The molecule has 6 heteroatoms. The van der Waals surface area contributed by atoms with Gasteiger partial charge in [0.25, 0.3) is 5.91 Å². The van der Waals surface area contributed by atoms with Gasteiger partial charge in [-0.05, 0) is 26.3 Å². The number of aromatic amines is 1. The molecule has 0 bridgehead atoms. The minimum absolute atomic E-state index is 0.129. The van der Waals surface area contributed by atoms with Gasteiger partial charge in [-0.1, -0.05) is 6.92 Å². The third-order valence-electron chi connectivity index (χ3n) is 2.95. The molecule has 2 rings (SSSR count). The maximum Gasteiger partial charge on any atom is 0.253 e. The zero-order valence-corrected chi connectivity index (χ0v) is 11.3. The molecule has 0 aromatic carbocycles. The number of nitrogens with one attached hydrogen (secondary N) is 2. The Labute approximate surface area is 111 Å². The molecule has 100 valence electrons. The van der Waals surface area contributed by atoms with E-state index in [1.807, 2.05) is 20.8 Å². The third-order valence-corrected chi connectivity index (χ3v) is 2.95. The topological polar surface area (TPSA) is 83.6 Å². The third kappa shape index (κ3) is 2.96. The van der Waals surface area contributed by atoms with Gasteiger partial charge in [-0.25, -0.2) is 0 Å². The van der Waals surface area contributed by atoms with Crippen LogP contribution in [0.15, 0.2) is 12.3 Å². The van der Waals surface area contributed by atoms with E-state index in [0.29, 0.717) is 24.2 Å². The monoisotopic (exact) mass is 259 g/mol. The van der Waals surface area contributed by atoms with Gasteiger partial charge in [0.15, 0.2) is 0 Å². The SMILES string of the molecule is CCc1nnc(C)cc1C(=O)NCc1cn[nH]c1C. The second-order valence-electron chi connectivity index (χ2n) is 4.40. The van der Waals surface area contributed by atoms with Gasteiger partial charge in [-0.3, -0.25) is 9.89 Å². The average molecular weight is 259 g/mol. The molecule has 1 amide bonds. The Morgan fingerprint density at radius 3 is 2.79 bits per heavy atom. The molecule has 6 nitrogen and oxygen atoms in total. The first-order valence-electron chi connectivity index (χ1n) is 6.22. The van der Waals surface area contributed by atoms with E-state index in [1.54, 1.807) is 12.3 Å². The minimum Gasteiger partial charge on any atom is -0.348 e. The van der Waals surface area contributed by atoms with E-state index in [0.717, 1.165) is 17.0 Å². The molecule has 2 aromatic heterocycles. The van der Waals surface area contributed by atoms with Crippen LogP contribution in [-0.2, 0) is 13.0 Å². The van der Waals surface area contributed by atoms with E-state index in [9.17, 15) is 4.79 Å². The summed E-state index contributed by atoms with van der Waals surface area (Å²) in [7, 11) is 0. The van der Waals surface area contributed by atoms with Crippen LogP contribution in [0.3, 0.4) is 0 Å². The maximum absolute atomic E-state index is 12.2. The fourth-order valence-corrected chi connectivity index (χ4v) is 1.80. The minimum atomic E-state index is -0.129. The fourth-order valence-electron chi connectivity index (χ4n) is 1.80. The Balaban J connectivity index is 2.12. The lowest BCUT2D eigenvalue weighted by molar-refractivity contribution is 0.0949. The second-order valence-corrected chi connectivity index (χ2v) is 4.40. The van der Waals surface area contributed by atoms with Crippen molar-refractivity contribution in [2.45, 2.75) is 33.7 Å². The van der Waals surface area contributed by atoms with Crippen LogP contribution in [0.5, 0.6) is 0 Å². The lowest BCUT2D eigenvalue weighted by atomic mass is 10.1. The van der Waals surface area contributed by atoms with Crippen molar-refractivity contribution in [2.75, 3.05) is 0 Å². The maximum atomic E-state index is 12.2. The van der Waals surface area contributed by atoms with E-state index >= 15 is 0 Å². The predicted molar refractivity (Wildman–Crippen MR) is 70.6 cm³/mol. The highest BCUT2D eigenvalue weighted by Crippen LogP contribution is 2.08. The first-order chi connectivity index (χ1) is 9.11. The summed E-state index contributed by atoms with van der Waals surface area (Å²) in [5.41, 5.74) is 3.98. The number of hydrogen-bond acceptors (Lipinski definition) is 4. The Hall–Kier alpha value is -2.24. The van der Waals surface area contributed by atoms with Gasteiger partial charge >= 0.3 is 0 Å². The van der Waals surface area contributed by atoms with Crippen LogP contribution in [0.25, 0.3) is 0 Å². The van der Waals surface area contributed by atoms with Gasteiger partial charge in [-0.2, -0.15) is 15.3 Å². The Morgan fingerprint density at radius 2 is 2.16 bits per heavy atom. The summed E-state index contributed by atoms with van der Waals surface area (Å²) in [6.07, 6.45) is 2.40. The van der Waals surface area contributed by atoms with Crippen molar-refractivity contribution in [1.82, 2.24) is 25.7 Å². The molecule has 0 aliphatic rings. The molecule has 0 aliphatic carbocycles. The number of amides is 1. The van der Waals surface area contributed by atoms with E-state index in [-0.39, 0.29) is 5.91 Å². The first-order valence-corrected chi connectivity index (χ1v) is 6.22. The molecule has 0 saturated carbocycles. The van der Waals surface area contributed by atoms with Crippen LogP contribution in [0.2, 0.25) is 0 Å². The van der Waals surface area contributed by atoms with Crippen molar-refractivity contribution in [3.63, 3.8) is 0 Å². The summed E-state index contributed by atoms with van der Waals surface area (Å²) in [6, 6.07) is 1.77. The predicted octanol–water partition coefficient (Wildman–Crippen LogP) is 1.31. The number of aromatic nitrogens is 4. The molecule has 2 N–H and O–H groups in total. The summed E-state index contributed by atoms with van der Waals surface area (Å²) >= 11 is 0. The molecule has 0 atom stereocenters. The Bertz CT molecular complexity index is 590. The highest BCUT2D eigenvalue weighted by Gasteiger charge is 2.13. The van der Waals surface area contributed by atoms with Gasteiger partial charge in [0.05, 0.1) is 23.1 Å². The zero-order chi connectivity index (χ0) is 13.8. The Kier molecular flexibility index (Phi) is 3.89. The van der Waals surface area contributed by atoms with Crippen LogP contribution in [0, 0.1) is 13.8 Å². The number of rotatable bonds is 4. The second kappa shape index (κ2) is 5.60. The molecule has 0 unspecified atom stereocenters. The molecule has 0 saturated heterocycles. The summed E-state index contributed by atoms with van der Waals surface area (Å²) in [6.45, 7) is 6.15. The highest BCUT2D eigenvalue weighted by atomic mass is 16.1. The fraction of sp³-hybridized carbons (Fsp3) is 0.385. The molecule has 2 aromatic rings. The lowest BCUT2D eigenvalue weighted by Crippen LogP contribution is -2.25. The average Bonchev–Trinajstić information content (AvgIpc) is 2.81. The smallest absolute Gasteiger partial charge is 0.253 e. The molecule has 0 radical (unpaired) electrons. The van der Waals surface area contributed by atoms with Gasteiger partial charge in [-0.15, -0.1) is 0 Å². The van der Waals surface area contributed by atoms with Crippen molar-refractivity contribution in [2.24, 2.45) is 0 Å². The highest BCUT2D eigenvalue weighted by molar-refractivity contribution is 5.95. The summed E-state index contributed by atoms with van der Waals surface area (Å²) in [4.78, 5) is 12.2. The van der Waals surface area contributed by atoms with Crippen molar-refractivity contribution in [1.29, 1.82) is 0 Å². The summed E-state index contributed by atoms with van der Waals surface area (Å²) < 4.78 is 0. The van der Waals surface area contributed by atoms with Gasteiger partial charge < -0.3 is 5.32 Å². The molecular formula is C13H17N5O. The van der Waals surface area contributed by atoms with Crippen LogP contribution in [0.4, 0.5) is 0 Å². The zero-order valence-electron chi connectivity index (χ0n) is 11.3. The molecule has 0 aliphatic heterocycles. The summed E-state index contributed by atoms with van der Waals surface area (Å²) in [5.74, 6) is -0.129. The molecule has 19 heavy (non-hydrogen) atoms. The van der Waals surface area contributed by atoms with Crippen LogP contribution in [-0.4, -0.2) is 26.3 Å². The normalized spacial score (nSPS) is 10.5. The largest absolute Gasteiger partial charge is 0.348 e. The number of aryl methyl sites for hydroxylation is 3. The Morgan fingerprint density at radius 1 is 1.37 bits per heavy atom. The molecule has 2 heterocycles. The molecule has 0 fully saturated rings. The number of hydrogen-bond donors (Lipinski definition) is 2.